The number of benzene rings is 4. The molecule has 4 rings (SSSR count). The van der Waals surface area contributed by atoms with Crippen molar-refractivity contribution in [1.82, 2.24) is 5.32 Å². The Hall–Kier alpha value is -4.40. The van der Waals surface area contributed by atoms with Crippen LogP contribution < -0.4 is 10.1 Å². The van der Waals surface area contributed by atoms with Gasteiger partial charge < -0.3 is 15.2 Å². The second-order valence-electron chi connectivity index (χ2n) is 7.91. The fourth-order valence-corrected chi connectivity index (χ4v) is 3.71. The minimum atomic E-state index is -4.69. The van der Waals surface area contributed by atoms with Crippen molar-refractivity contribution in [2.24, 2.45) is 0 Å². The number of aliphatic carboxylic acids is 1. The Morgan fingerprint density at radius 1 is 0.917 bits per heavy atom. The molecule has 184 valence electrons. The van der Waals surface area contributed by atoms with Crippen molar-refractivity contribution < 1.29 is 37.0 Å². The zero-order valence-corrected chi connectivity index (χ0v) is 18.6. The molecule has 0 aromatic heterocycles. The summed E-state index contributed by atoms with van der Waals surface area (Å²) in [6.45, 7) is -0.459. The van der Waals surface area contributed by atoms with Crippen LogP contribution in [0.2, 0.25) is 0 Å². The maximum absolute atomic E-state index is 14.4. The number of fused-ring (bicyclic) bond motifs is 1. The van der Waals surface area contributed by atoms with E-state index >= 15 is 0 Å². The largest absolute Gasteiger partial charge is 0.487 e. The van der Waals surface area contributed by atoms with Crippen LogP contribution in [0.1, 0.15) is 33.1 Å². The van der Waals surface area contributed by atoms with E-state index in [0.717, 1.165) is 12.1 Å². The molecule has 36 heavy (non-hydrogen) atoms. The van der Waals surface area contributed by atoms with Gasteiger partial charge in [0.25, 0.3) is 5.91 Å². The van der Waals surface area contributed by atoms with Crippen molar-refractivity contribution in [2.75, 3.05) is 0 Å². The highest BCUT2D eigenvalue weighted by Crippen LogP contribution is 2.33. The zero-order valence-electron chi connectivity index (χ0n) is 18.6. The van der Waals surface area contributed by atoms with Gasteiger partial charge >= 0.3 is 12.1 Å². The van der Waals surface area contributed by atoms with Crippen LogP contribution in [0.5, 0.6) is 5.75 Å². The van der Waals surface area contributed by atoms with Crippen LogP contribution in [-0.4, -0.2) is 17.0 Å². The first-order valence-electron chi connectivity index (χ1n) is 10.7. The molecule has 0 bridgehead atoms. The van der Waals surface area contributed by atoms with Crippen LogP contribution in [0.4, 0.5) is 17.6 Å². The second-order valence-corrected chi connectivity index (χ2v) is 7.91. The molecule has 0 saturated heterocycles. The summed E-state index contributed by atoms with van der Waals surface area (Å²) in [6.07, 6.45) is -4.69. The van der Waals surface area contributed by atoms with Gasteiger partial charge in [-0.3, -0.25) is 4.79 Å². The number of rotatable bonds is 7. The second kappa shape index (κ2) is 10.1. The fourth-order valence-electron chi connectivity index (χ4n) is 3.71. The number of carbonyl (C=O) groups is 2. The normalized spacial score (nSPS) is 12.2. The molecule has 0 fully saturated rings. The summed E-state index contributed by atoms with van der Waals surface area (Å²) < 4.78 is 58.8. The molecule has 0 heterocycles. The molecule has 0 aliphatic heterocycles. The summed E-state index contributed by atoms with van der Waals surface area (Å²) in [7, 11) is 0. The van der Waals surface area contributed by atoms with Crippen molar-refractivity contribution in [3.63, 3.8) is 0 Å². The number of nitrogens with one attached hydrogen (secondary N) is 1. The Kier molecular flexibility index (Phi) is 6.91. The van der Waals surface area contributed by atoms with E-state index in [1.807, 2.05) is 0 Å². The van der Waals surface area contributed by atoms with Crippen molar-refractivity contribution in [3.8, 4) is 5.75 Å². The van der Waals surface area contributed by atoms with Gasteiger partial charge in [0.2, 0.25) is 0 Å². The maximum atomic E-state index is 14.4. The number of hydrogen-bond acceptors (Lipinski definition) is 3. The van der Waals surface area contributed by atoms with E-state index in [9.17, 15) is 32.3 Å². The Morgan fingerprint density at radius 3 is 2.28 bits per heavy atom. The zero-order chi connectivity index (χ0) is 25.9. The predicted octanol–water partition coefficient (Wildman–Crippen LogP) is 6.13. The number of alkyl halides is 3. The molecular weight excluding hydrogens is 478 g/mol. The van der Waals surface area contributed by atoms with Crippen LogP contribution in [0.15, 0.2) is 84.9 Å². The van der Waals surface area contributed by atoms with E-state index in [2.05, 4.69) is 5.32 Å². The summed E-state index contributed by atoms with van der Waals surface area (Å²) in [5, 5.41) is 13.3. The number of amides is 1. The molecule has 1 atom stereocenters. The quantitative estimate of drug-likeness (QED) is 0.301. The topological polar surface area (TPSA) is 75.6 Å². The molecule has 1 unspecified atom stereocenters. The number of carbonyl (C=O) groups excluding carboxylic acids is 1. The summed E-state index contributed by atoms with van der Waals surface area (Å²) in [5.41, 5.74) is -0.929. The third-order valence-corrected chi connectivity index (χ3v) is 5.53. The van der Waals surface area contributed by atoms with E-state index in [1.54, 1.807) is 60.7 Å². The highest BCUT2D eigenvalue weighted by molar-refractivity contribution is 6.05. The maximum Gasteiger partial charge on any atom is 0.416 e. The van der Waals surface area contributed by atoms with Gasteiger partial charge in [-0.05, 0) is 29.1 Å². The van der Waals surface area contributed by atoms with E-state index in [1.165, 1.54) is 6.07 Å². The van der Waals surface area contributed by atoms with Gasteiger partial charge in [-0.1, -0.05) is 66.7 Å². The average Bonchev–Trinajstić information content (AvgIpc) is 2.85. The smallest absolute Gasteiger partial charge is 0.416 e. The molecule has 0 aliphatic carbocycles. The minimum Gasteiger partial charge on any atom is -0.487 e. The van der Waals surface area contributed by atoms with Gasteiger partial charge in [-0.15, -0.1) is 0 Å². The van der Waals surface area contributed by atoms with Gasteiger partial charge in [0.1, 0.15) is 18.2 Å². The van der Waals surface area contributed by atoms with Crippen molar-refractivity contribution in [1.29, 1.82) is 0 Å². The SMILES string of the molecule is O=C(NC(C(=O)O)c1ccccc1)c1ccc2ccccc2c1OCc1ccc(C(F)(F)F)cc1F. The third-order valence-electron chi connectivity index (χ3n) is 5.53. The van der Waals surface area contributed by atoms with Crippen molar-refractivity contribution in [2.45, 2.75) is 18.8 Å². The third kappa shape index (κ3) is 5.30. The minimum absolute atomic E-state index is 0.0109. The molecule has 2 N–H and O–H groups in total. The molecule has 4 aromatic carbocycles. The number of hydrogen-bond donors (Lipinski definition) is 2. The Balaban J connectivity index is 1.67. The van der Waals surface area contributed by atoms with Crippen LogP contribution in [0, 0.1) is 5.82 Å². The molecule has 0 radical (unpaired) electrons. The lowest BCUT2D eigenvalue weighted by Crippen LogP contribution is -2.34. The first-order valence-corrected chi connectivity index (χ1v) is 10.7. The molecule has 0 aliphatic rings. The van der Waals surface area contributed by atoms with E-state index < -0.39 is 42.1 Å². The Morgan fingerprint density at radius 2 is 1.61 bits per heavy atom. The van der Waals surface area contributed by atoms with Crippen LogP contribution in [0.25, 0.3) is 10.8 Å². The fraction of sp³-hybridized carbons (Fsp3) is 0.111. The summed E-state index contributed by atoms with van der Waals surface area (Å²) in [6, 6.07) is 18.8. The molecule has 1 amide bonds. The highest BCUT2D eigenvalue weighted by Gasteiger charge is 2.31. The Bertz CT molecular complexity index is 1420. The van der Waals surface area contributed by atoms with Gasteiger partial charge in [0, 0.05) is 10.9 Å². The van der Waals surface area contributed by atoms with Crippen LogP contribution in [0.3, 0.4) is 0 Å². The summed E-state index contributed by atoms with van der Waals surface area (Å²) in [5.74, 6) is -3.09. The standard InChI is InChI=1S/C27H19F4NO4/c28-22-14-19(27(29,30)31)12-10-18(22)15-36-24-20-9-5-4-6-16(20)11-13-21(24)25(33)32-23(26(34)35)17-7-2-1-3-8-17/h1-14,23H,15H2,(H,32,33)(H,34,35). The summed E-state index contributed by atoms with van der Waals surface area (Å²) in [4.78, 5) is 25.0. The first kappa shape index (κ1) is 24.7. The lowest BCUT2D eigenvalue weighted by Gasteiger charge is -2.18. The molecule has 4 aromatic rings. The van der Waals surface area contributed by atoms with Gasteiger partial charge in [0.05, 0.1) is 11.1 Å². The van der Waals surface area contributed by atoms with Crippen molar-refractivity contribution >= 4 is 22.6 Å². The first-order chi connectivity index (χ1) is 17.1. The lowest BCUT2D eigenvalue weighted by molar-refractivity contribution is -0.139. The molecular formula is C27H19F4NO4. The Labute approximate surface area is 202 Å². The molecule has 0 saturated carbocycles. The number of halogens is 4. The van der Waals surface area contributed by atoms with Crippen LogP contribution >= 0.6 is 0 Å². The van der Waals surface area contributed by atoms with Gasteiger partial charge in [0.15, 0.2) is 6.04 Å². The lowest BCUT2D eigenvalue weighted by atomic mass is 10.0. The highest BCUT2D eigenvalue weighted by atomic mass is 19.4. The molecule has 5 nitrogen and oxygen atoms in total. The molecule has 0 spiro atoms. The monoisotopic (exact) mass is 497 g/mol. The van der Waals surface area contributed by atoms with E-state index in [4.69, 9.17) is 4.74 Å². The van der Waals surface area contributed by atoms with Gasteiger partial charge in [-0.25, -0.2) is 9.18 Å². The van der Waals surface area contributed by atoms with E-state index in [0.29, 0.717) is 22.4 Å². The summed E-state index contributed by atoms with van der Waals surface area (Å²) >= 11 is 0. The van der Waals surface area contributed by atoms with Crippen molar-refractivity contribution in [3.05, 3.63) is 113 Å². The van der Waals surface area contributed by atoms with Crippen LogP contribution in [-0.2, 0) is 17.6 Å². The van der Waals surface area contributed by atoms with E-state index in [-0.39, 0.29) is 16.9 Å². The predicted molar refractivity (Wildman–Crippen MR) is 124 cm³/mol. The van der Waals surface area contributed by atoms with Gasteiger partial charge in [-0.2, -0.15) is 13.2 Å². The number of carboxylic acids is 1. The average molecular weight is 497 g/mol. The number of carboxylic acid groups (broad SMARTS) is 1. The molecule has 9 heteroatoms. The number of ether oxygens (including phenoxy) is 1.